The fourth-order valence-electron chi connectivity index (χ4n) is 2.29. The van der Waals surface area contributed by atoms with Crippen LogP contribution in [0.4, 0.5) is 0 Å². The first kappa shape index (κ1) is 17.1. The van der Waals surface area contributed by atoms with Gasteiger partial charge in [-0.25, -0.2) is 13.6 Å². The molecule has 7 heteroatoms. The van der Waals surface area contributed by atoms with Crippen LogP contribution in [0.5, 0.6) is 0 Å². The third kappa shape index (κ3) is 4.37. The number of carbonyl (C=O) groups is 2. The Hall–Kier alpha value is -2.25. The molecule has 122 valence electrons. The van der Waals surface area contributed by atoms with Gasteiger partial charge in [-0.15, -0.1) is 0 Å². The first-order chi connectivity index (χ1) is 10.7. The molecule has 0 radical (unpaired) electrons. The molecular weight excluding hydrogens is 316 g/mol. The van der Waals surface area contributed by atoms with Crippen LogP contribution in [0, 0.1) is 6.92 Å². The van der Waals surface area contributed by atoms with Gasteiger partial charge in [0.2, 0.25) is 15.8 Å². The van der Waals surface area contributed by atoms with Gasteiger partial charge < -0.3 is 4.57 Å². The average Bonchev–Trinajstić information content (AvgIpc) is 2.78. The Bertz CT molecular complexity index is 849. The summed E-state index contributed by atoms with van der Waals surface area (Å²) in [6, 6.07) is 10.5. The Morgan fingerprint density at radius 3 is 2.26 bits per heavy atom. The first-order valence-corrected chi connectivity index (χ1v) is 8.67. The van der Waals surface area contributed by atoms with Crippen LogP contribution in [0.15, 0.2) is 36.4 Å². The highest BCUT2D eigenvalue weighted by atomic mass is 32.2. The van der Waals surface area contributed by atoms with Gasteiger partial charge in [-0.2, -0.15) is 0 Å². The number of sulfonamides is 1. The van der Waals surface area contributed by atoms with E-state index in [0.717, 1.165) is 5.56 Å². The number of primary sulfonamides is 1. The number of carbonyl (C=O) groups excluding carboxylic acids is 2. The van der Waals surface area contributed by atoms with E-state index in [2.05, 4.69) is 0 Å². The van der Waals surface area contributed by atoms with Crippen molar-refractivity contribution >= 4 is 21.6 Å². The van der Waals surface area contributed by atoms with Crippen molar-refractivity contribution in [3.8, 4) is 0 Å². The third-order valence-electron chi connectivity index (χ3n) is 3.51. The third-order valence-corrected chi connectivity index (χ3v) is 4.24. The summed E-state index contributed by atoms with van der Waals surface area (Å²) in [5.74, 6) is -1.37. The lowest BCUT2D eigenvalue weighted by atomic mass is 10.1. The molecule has 23 heavy (non-hydrogen) atoms. The van der Waals surface area contributed by atoms with E-state index in [9.17, 15) is 18.0 Å². The predicted molar refractivity (Wildman–Crippen MR) is 86.7 cm³/mol. The van der Waals surface area contributed by atoms with E-state index < -0.39 is 21.6 Å². The van der Waals surface area contributed by atoms with Crippen molar-refractivity contribution in [3.05, 3.63) is 58.9 Å². The molecule has 0 aliphatic rings. The van der Waals surface area contributed by atoms with Crippen molar-refractivity contribution in [2.45, 2.75) is 13.3 Å². The van der Waals surface area contributed by atoms with Gasteiger partial charge >= 0.3 is 0 Å². The zero-order chi connectivity index (χ0) is 17.2. The van der Waals surface area contributed by atoms with Crippen LogP contribution >= 0.6 is 0 Å². The number of hydrogen-bond acceptors (Lipinski definition) is 4. The summed E-state index contributed by atoms with van der Waals surface area (Å²) in [5, 5.41) is 4.86. The minimum absolute atomic E-state index is 0.0892. The minimum atomic E-state index is -3.84. The van der Waals surface area contributed by atoms with Gasteiger partial charge in [0.25, 0.3) is 0 Å². The van der Waals surface area contributed by atoms with Crippen molar-refractivity contribution in [3.63, 3.8) is 0 Å². The van der Waals surface area contributed by atoms with Gasteiger partial charge in [0.1, 0.15) is 5.75 Å². The number of ketones is 2. The lowest BCUT2D eigenvalue weighted by Gasteiger charge is -2.07. The van der Waals surface area contributed by atoms with Gasteiger partial charge in [0.05, 0.1) is 5.69 Å². The number of aryl methyl sites for hydroxylation is 1. The number of aromatic nitrogens is 1. The van der Waals surface area contributed by atoms with Crippen molar-refractivity contribution in [2.75, 3.05) is 5.75 Å². The maximum Gasteiger partial charge on any atom is 0.216 e. The van der Waals surface area contributed by atoms with Gasteiger partial charge in [-0.05, 0) is 19.1 Å². The summed E-state index contributed by atoms with van der Waals surface area (Å²) in [6.07, 6.45) is -0.0892. The smallest absolute Gasteiger partial charge is 0.216 e. The lowest BCUT2D eigenvalue weighted by Crippen LogP contribution is -2.25. The molecule has 2 aromatic rings. The number of benzene rings is 1. The Kier molecular flexibility index (Phi) is 4.82. The Labute approximate surface area is 135 Å². The van der Waals surface area contributed by atoms with Gasteiger partial charge in [0, 0.05) is 24.7 Å². The minimum Gasteiger partial charge on any atom is -0.345 e. The Morgan fingerprint density at radius 1 is 1.09 bits per heavy atom. The second kappa shape index (κ2) is 6.47. The topological polar surface area (TPSA) is 99.2 Å². The molecule has 0 aliphatic carbocycles. The molecule has 0 bridgehead atoms. The van der Waals surface area contributed by atoms with Crippen LogP contribution in [-0.4, -0.2) is 30.3 Å². The lowest BCUT2D eigenvalue weighted by molar-refractivity contribution is -0.116. The summed E-state index contributed by atoms with van der Waals surface area (Å²) in [6.45, 7) is 1.94. The van der Waals surface area contributed by atoms with Crippen LogP contribution in [0.25, 0.3) is 0 Å². The molecule has 0 saturated carbocycles. The van der Waals surface area contributed by atoms with Crippen LogP contribution in [0.1, 0.15) is 27.3 Å². The van der Waals surface area contributed by atoms with Crippen LogP contribution in [0.3, 0.4) is 0 Å². The van der Waals surface area contributed by atoms with Gasteiger partial charge in [-0.3, -0.25) is 9.59 Å². The van der Waals surface area contributed by atoms with E-state index in [4.69, 9.17) is 5.14 Å². The molecule has 0 spiro atoms. The van der Waals surface area contributed by atoms with E-state index in [-0.39, 0.29) is 12.2 Å². The summed E-state index contributed by atoms with van der Waals surface area (Å²) in [4.78, 5) is 24.2. The molecule has 0 atom stereocenters. The molecule has 1 heterocycles. The quantitative estimate of drug-likeness (QED) is 0.795. The predicted octanol–water partition coefficient (Wildman–Crippen LogP) is 0.965. The fraction of sp³-hybridized carbons (Fsp3) is 0.250. The second-order valence-corrected chi connectivity index (χ2v) is 7.10. The normalized spacial score (nSPS) is 11.4. The number of nitrogens with zero attached hydrogens (tertiary/aromatic N) is 1. The molecule has 2 rings (SSSR count). The number of rotatable bonds is 6. The Balaban J connectivity index is 2.20. The molecule has 0 unspecified atom stereocenters. The SMILES string of the molecule is Cc1ccc(C(=O)c2ccc(CC(=O)CS(N)(=O)=O)n2C)cc1. The highest BCUT2D eigenvalue weighted by molar-refractivity contribution is 7.89. The number of nitrogens with two attached hydrogens (primary N) is 1. The molecule has 0 aliphatic heterocycles. The molecule has 0 saturated heterocycles. The van der Waals surface area contributed by atoms with E-state index in [1.807, 2.05) is 19.1 Å². The monoisotopic (exact) mass is 334 g/mol. The largest absolute Gasteiger partial charge is 0.345 e. The van der Waals surface area contributed by atoms with Crippen LogP contribution < -0.4 is 5.14 Å². The zero-order valence-corrected chi connectivity index (χ0v) is 13.8. The molecule has 2 N–H and O–H groups in total. The van der Waals surface area contributed by atoms with E-state index in [1.54, 1.807) is 35.9 Å². The summed E-state index contributed by atoms with van der Waals surface area (Å²) in [5.41, 5.74) is 2.61. The molecule has 6 nitrogen and oxygen atoms in total. The number of hydrogen-bond donors (Lipinski definition) is 1. The van der Waals surface area contributed by atoms with Crippen molar-refractivity contribution < 1.29 is 18.0 Å². The Morgan fingerprint density at radius 2 is 1.70 bits per heavy atom. The maximum absolute atomic E-state index is 12.5. The molecule has 1 aromatic carbocycles. The van der Waals surface area contributed by atoms with E-state index in [0.29, 0.717) is 17.0 Å². The van der Waals surface area contributed by atoms with Crippen molar-refractivity contribution in [1.82, 2.24) is 4.57 Å². The van der Waals surface area contributed by atoms with E-state index >= 15 is 0 Å². The highest BCUT2D eigenvalue weighted by Gasteiger charge is 2.18. The molecule has 0 fully saturated rings. The summed E-state index contributed by atoms with van der Waals surface area (Å²) < 4.78 is 23.5. The van der Waals surface area contributed by atoms with Crippen molar-refractivity contribution in [2.24, 2.45) is 12.2 Å². The first-order valence-electron chi connectivity index (χ1n) is 6.95. The highest BCUT2D eigenvalue weighted by Crippen LogP contribution is 2.14. The van der Waals surface area contributed by atoms with Crippen molar-refractivity contribution in [1.29, 1.82) is 0 Å². The second-order valence-electron chi connectivity index (χ2n) is 5.49. The zero-order valence-electron chi connectivity index (χ0n) is 12.9. The fourth-order valence-corrected chi connectivity index (χ4v) is 2.84. The van der Waals surface area contributed by atoms with Crippen LogP contribution in [0.2, 0.25) is 0 Å². The molecule has 0 amide bonds. The maximum atomic E-state index is 12.5. The van der Waals surface area contributed by atoms with Gasteiger partial charge in [0.15, 0.2) is 5.78 Å². The summed E-state index contributed by atoms with van der Waals surface area (Å²) >= 11 is 0. The molecular formula is C16H18N2O4S. The average molecular weight is 334 g/mol. The standard InChI is InChI=1S/C16H18N2O4S/c1-11-3-5-12(6-4-11)16(20)15-8-7-13(18(15)2)9-14(19)10-23(17,21)22/h3-8H,9-10H2,1-2H3,(H2,17,21,22). The summed E-state index contributed by atoms with van der Waals surface area (Å²) in [7, 11) is -2.17. The van der Waals surface area contributed by atoms with E-state index in [1.165, 1.54) is 0 Å². The number of Topliss-reactive ketones (excluding diaryl/α,β-unsaturated/α-hetero) is 1. The van der Waals surface area contributed by atoms with Crippen LogP contribution in [-0.2, 0) is 28.3 Å². The molecule has 1 aromatic heterocycles. The van der Waals surface area contributed by atoms with Gasteiger partial charge in [-0.1, -0.05) is 29.8 Å².